The van der Waals surface area contributed by atoms with Crippen LogP contribution in [-0.4, -0.2) is 33.4 Å². The van der Waals surface area contributed by atoms with Crippen molar-refractivity contribution in [3.05, 3.63) is 59.7 Å². The lowest BCUT2D eigenvalue weighted by atomic mass is 10.2. The Kier molecular flexibility index (Phi) is 6.91. The van der Waals surface area contributed by atoms with Crippen molar-refractivity contribution in [2.75, 3.05) is 18.5 Å². The molecule has 0 radical (unpaired) electrons. The van der Waals surface area contributed by atoms with Crippen molar-refractivity contribution in [3.63, 3.8) is 0 Å². The maximum atomic E-state index is 12.2. The summed E-state index contributed by atoms with van der Waals surface area (Å²) >= 11 is 0. The van der Waals surface area contributed by atoms with E-state index in [2.05, 4.69) is 10.6 Å². The molecule has 2 aromatic carbocycles. The Morgan fingerprint density at radius 2 is 1.74 bits per heavy atom. The van der Waals surface area contributed by atoms with Crippen molar-refractivity contribution >= 4 is 27.5 Å². The van der Waals surface area contributed by atoms with Gasteiger partial charge in [0.2, 0.25) is 15.9 Å². The lowest BCUT2D eigenvalue weighted by Gasteiger charge is -2.11. The zero-order chi connectivity index (χ0) is 19.9. The van der Waals surface area contributed by atoms with E-state index in [1.165, 1.54) is 0 Å². The standard InChI is InChI=1S/C18H21N3O5S/c1-2-26-16-6-4-3-5-15(16)18(23)20-11-17(22)21-14-9-7-13(8-10-14)12-27(19,24)25/h3-10H,2,11-12H2,1H3,(H,20,23)(H,21,22)(H2,19,24,25). The van der Waals surface area contributed by atoms with E-state index in [1.807, 2.05) is 6.92 Å². The molecule has 0 saturated heterocycles. The van der Waals surface area contributed by atoms with Crippen LogP contribution in [0.25, 0.3) is 0 Å². The molecular formula is C18H21N3O5S. The number of benzene rings is 2. The minimum atomic E-state index is -3.61. The third kappa shape index (κ3) is 6.72. The van der Waals surface area contributed by atoms with Gasteiger partial charge in [0.25, 0.3) is 5.91 Å². The summed E-state index contributed by atoms with van der Waals surface area (Å²) in [7, 11) is -3.61. The Labute approximate surface area is 157 Å². The number of sulfonamides is 1. The largest absolute Gasteiger partial charge is 0.493 e. The predicted molar refractivity (Wildman–Crippen MR) is 102 cm³/mol. The summed E-state index contributed by atoms with van der Waals surface area (Å²) in [6, 6.07) is 13.0. The number of para-hydroxylation sites is 1. The lowest BCUT2D eigenvalue weighted by molar-refractivity contribution is -0.115. The van der Waals surface area contributed by atoms with E-state index in [9.17, 15) is 18.0 Å². The monoisotopic (exact) mass is 391 g/mol. The number of anilines is 1. The molecule has 0 atom stereocenters. The minimum absolute atomic E-state index is 0.224. The molecule has 4 N–H and O–H groups in total. The van der Waals surface area contributed by atoms with E-state index in [1.54, 1.807) is 48.5 Å². The van der Waals surface area contributed by atoms with Crippen LogP contribution in [0.4, 0.5) is 5.69 Å². The SMILES string of the molecule is CCOc1ccccc1C(=O)NCC(=O)Nc1ccc(CS(N)(=O)=O)cc1. The Morgan fingerprint density at radius 1 is 1.07 bits per heavy atom. The van der Waals surface area contributed by atoms with Gasteiger partial charge in [0.1, 0.15) is 5.75 Å². The van der Waals surface area contributed by atoms with Gasteiger partial charge in [-0.05, 0) is 36.8 Å². The van der Waals surface area contributed by atoms with Gasteiger partial charge in [0, 0.05) is 5.69 Å². The molecule has 2 aromatic rings. The molecule has 27 heavy (non-hydrogen) atoms. The Bertz CT molecular complexity index is 911. The van der Waals surface area contributed by atoms with Gasteiger partial charge in [0.05, 0.1) is 24.5 Å². The summed E-state index contributed by atoms with van der Waals surface area (Å²) in [6.07, 6.45) is 0. The van der Waals surface area contributed by atoms with E-state index in [0.29, 0.717) is 29.2 Å². The molecule has 144 valence electrons. The second-order valence-corrected chi connectivity index (χ2v) is 7.28. The average molecular weight is 391 g/mol. The fraction of sp³-hybridized carbons (Fsp3) is 0.222. The summed E-state index contributed by atoms with van der Waals surface area (Å²) in [5.74, 6) is -0.672. The number of hydrogen-bond donors (Lipinski definition) is 3. The highest BCUT2D eigenvalue weighted by Gasteiger charge is 2.13. The molecule has 0 bridgehead atoms. The van der Waals surface area contributed by atoms with Crippen LogP contribution >= 0.6 is 0 Å². The first-order valence-electron chi connectivity index (χ1n) is 8.18. The van der Waals surface area contributed by atoms with Gasteiger partial charge < -0.3 is 15.4 Å². The number of nitrogens with one attached hydrogen (secondary N) is 2. The zero-order valence-corrected chi connectivity index (χ0v) is 15.6. The van der Waals surface area contributed by atoms with Crippen LogP contribution in [0.15, 0.2) is 48.5 Å². The number of nitrogens with two attached hydrogens (primary N) is 1. The van der Waals surface area contributed by atoms with Crippen LogP contribution in [0.5, 0.6) is 5.75 Å². The van der Waals surface area contributed by atoms with Crippen molar-refractivity contribution in [2.24, 2.45) is 5.14 Å². The van der Waals surface area contributed by atoms with Crippen LogP contribution in [-0.2, 0) is 20.6 Å². The predicted octanol–water partition coefficient (Wildman–Crippen LogP) is 1.24. The van der Waals surface area contributed by atoms with E-state index in [-0.39, 0.29) is 12.3 Å². The molecule has 0 aliphatic heterocycles. The Hall–Kier alpha value is -2.91. The number of carbonyl (C=O) groups excluding carboxylic acids is 2. The van der Waals surface area contributed by atoms with E-state index >= 15 is 0 Å². The lowest BCUT2D eigenvalue weighted by Crippen LogP contribution is -2.33. The molecule has 2 amide bonds. The smallest absolute Gasteiger partial charge is 0.255 e. The summed E-state index contributed by atoms with van der Waals surface area (Å²) in [6.45, 7) is 2.01. The zero-order valence-electron chi connectivity index (χ0n) is 14.8. The normalized spacial score (nSPS) is 10.9. The highest BCUT2D eigenvalue weighted by molar-refractivity contribution is 7.88. The summed E-state index contributed by atoms with van der Waals surface area (Å²) in [5.41, 5.74) is 1.33. The average Bonchev–Trinajstić information content (AvgIpc) is 2.61. The molecule has 2 rings (SSSR count). The molecule has 0 aliphatic carbocycles. The molecule has 0 saturated carbocycles. The molecule has 0 aromatic heterocycles. The number of ether oxygens (including phenoxy) is 1. The Balaban J connectivity index is 1.90. The molecular weight excluding hydrogens is 370 g/mol. The van der Waals surface area contributed by atoms with E-state index in [4.69, 9.17) is 9.88 Å². The third-order valence-corrected chi connectivity index (χ3v) is 4.18. The number of carbonyl (C=O) groups is 2. The first kappa shape index (κ1) is 20.4. The number of amides is 2. The van der Waals surface area contributed by atoms with Gasteiger partial charge in [-0.3, -0.25) is 9.59 Å². The number of hydrogen-bond acceptors (Lipinski definition) is 5. The highest BCUT2D eigenvalue weighted by atomic mass is 32.2. The molecule has 9 heteroatoms. The van der Waals surface area contributed by atoms with Crippen LogP contribution in [0, 0.1) is 0 Å². The van der Waals surface area contributed by atoms with Crippen LogP contribution in [0.2, 0.25) is 0 Å². The van der Waals surface area contributed by atoms with Crippen LogP contribution in [0.3, 0.4) is 0 Å². The first-order chi connectivity index (χ1) is 12.8. The van der Waals surface area contributed by atoms with E-state index in [0.717, 1.165) is 0 Å². The van der Waals surface area contributed by atoms with Gasteiger partial charge in [0.15, 0.2) is 0 Å². The van der Waals surface area contributed by atoms with Crippen molar-refractivity contribution in [1.82, 2.24) is 5.32 Å². The van der Waals surface area contributed by atoms with Gasteiger partial charge in [-0.15, -0.1) is 0 Å². The highest BCUT2D eigenvalue weighted by Crippen LogP contribution is 2.17. The molecule has 0 spiro atoms. The molecule has 0 aliphatic rings. The summed E-state index contributed by atoms with van der Waals surface area (Å²) in [4.78, 5) is 24.2. The summed E-state index contributed by atoms with van der Waals surface area (Å²) in [5, 5.41) is 10.1. The first-order valence-corrected chi connectivity index (χ1v) is 9.89. The maximum absolute atomic E-state index is 12.2. The number of primary sulfonamides is 1. The third-order valence-electron chi connectivity index (χ3n) is 3.45. The van der Waals surface area contributed by atoms with Crippen molar-refractivity contribution in [3.8, 4) is 5.75 Å². The van der Waals surface area contributed by atoms with Crippen molar-refractivity contribution < 1.29 is 22.7 Å². The van der Waals surface area contributed by atoms with Gasteiger partial charge in [-0.25, -0.2) is 13.6 Å². The molecule has 0 heterocycles. The minimum Gasteiger partial charge on any atom is -0.493 e. The van der Waals surface area contributed by atoms with Crippen LogP contribution < -0.4 is 20.5 Å². The quantitative estimate of drug-likeness (QED) is 0.624. The topological polar surface area (TPSA) is 128 Å². The van der Waals surface area contributed by atoms with Crippen molar-refractivity contribution in [1.29, 1.82) is 0 Å². The maximum Gasteiger partial charge on any atom is 0.255 e. The van der Waals surface area contributed by atoms with Crippen molar-refractivity contribution in [2.45, 2.75) is 12.7 Å². The summed E-state index contributed by atoms with van der Waals surface area (Å²) < 4.78 is 27.5. The Morgan fingerprint density at radius 3 is 2.37 bits per heavy atom. The van der Waals surface area contributed by atoms with Gasteiger partial charge in [-0.1, -0.05) is 24.3 Å². The van der Waals surface area contributed by atoms with Gasteiger partial charge >= 0.3 is 0 Å². The number of rotatable bonds is 8. The molecule has 0 unspecified atom stereocenters. The fourth-order valence-corrected chi connectivity index (χ4v) is 2.97. The molecule has 8 nitrogen and oxygen atoms in total. The second kappa shape index (κ2) is 9.15. The van der Waals surface area contributed by atoms with Gasteiger partial charge in [-0.2, -0.15) is 0 Å². The fourth-order valence-electron chi connectivity index (χ4n) is 2.31. The van der Waals surface area contributed by atoms with Crippen LogP contribution in [0.1, 0.15) is 22.8 Å². The van der Waals surface area contributed by atoms with E-state index < -0.39 is 21.8 Å². The molecule has 0 fully saturated rings. The second-order valence-electron chi connectivity index (χ2n) is 5.66.